The SMILES string of the molecule is CN1CCc2cc(-c3ccc(O)c(N4CC(=O)NS4=O)c3F)ccc2C1. The summed E-state index contributed by atoms with van der Waals surface area (Å²) in [5, 5.41) is 10.1. The van der Waals surface area contributed by atoms with Crippen LogP contribution in [-0.2, 0) is 28.9 Å². The molecule has 1 saturated heterocycles. The van der Waals surface area contributed by atoms with Crippen LogP contribution in [0.25, 0.3) is 11.1 Å². The summed E-state index contributed by atoms with van der Waals surface area (Å²) in [5.41, 5.74) is 3.16. The molecule has 4 rings (SSSR count). The zero-order valence-corrected chi connectivity index (χ0v) is 15.0. The molecule has 8 heteroatoms. The van der Waals surface area contributed by atoms with Gasteiger partial charge in [-0.2, -0.15) is 0 Å². The molecule has 6 nitrogen and oxygen atoms in total. The van der Waals surface area contributed by atoms with Crippen molar-refractivity contribution in [2.45, 2.75) is 13.0 Å². The fourth-order valence-electron chi connectivity index (χ4n) is 3.41. The molecule has 2 aromatic carbocycles. The van der Waals surface area contributed by atoms with Crippen LogP contribution in [0.4, 0.5) is 10.1 Å². The molecular weight excluding hydrogens is 357 g/mol. The molecule has 2 N–H and O–H groups in total. The lowest BCUT2D eigenvalue weighted by Crippen LogP contribution is -2.26. The van der Waals surface area contributed by atoms with Crippen molar-refractivity contribution in [3.63, 3.8) is 0 Å². The van der Waals surface area contributed by atoms with Gasteiger partial charge in [-0.25, -0.2) is 8.60 Å². The monoisotopic (exact) mass is 375 g/mol. The molecule has 136 valence electrons. The average Bonchev–Trinajstić information content (AvgIpc) is 2.93. The van der Waals surface area contributed by atoms with Crippen LogP contribution in [0.5, 0.6) is 5.75 Å². The van der Waals surface area contributed by atoms with Crippen LogP contribution in [0.1, 0.15) is 11.1 Å². The largest absolute Gasteiger partial charge is 0.506 e. The summed E-state index contributed by atoms with van der Waals surface area (Å²) < 4.78 is 30.4. The Bertz CT molecular complexity index is 934. The van der Waals surface area contributed by atoms with E-state index >= 15 is 4.39 Å². The molecule has 0 spiro atoms. The molecule has 26 heavy (non-hydrogen) atoms. The first-order valence-corrected chi connectivity index (χ1v) is 9.36. The molecule has 0 radical (unpaired) electrons. The lowest BCUT2D eigenvalue weighted by Gasteiger charge is -2.25. The van der Waals surface area contributed by atoms with Crippen molar-refractivity contribution in [3.05, 3.63) is 47.3 Å². The van der Waals surface area contributed by atoms with Crippen LogP contribution in [0.2, 0.25) is 0 Å². The van der Waals surface area contributed by atoms with Crippen LogP contribution in [-0.4, -0.2) is 40.3 Å². The van der Waals surface area contributed by atoms with Crippen molar-refractivity contribution in [1.29, 1.82) is 0 Å². The van der Waals surface area contributed by atoms with Crippen LogP contribution >= 0.6 is 0 Å². The maximum atomic E-state index is 15.2. The normalized spacial score (nSPS) is 20.2. The minimum absolute atomic E-state index is 0.225. The summed E-state index contributed by atoms with van der Waals surface area (Å²) in [7, 11) is 2.06. The number of anilines is 1. The van der Waals surface area contributed by atoms with Crippen LogP contribution in [0, 0.1) is 5.82 Å². The number of benzene rings is 2. The van der Waals surface area contributed by atoms with Gasteiger partial charge in [-0.3, -0.25) is 13.8 Å². The Morgan fingerprint density at radius 3 is 2.73 bits per heavy atom. The smallest absolute Gasteiger partial charge is 0.253 e. The molecule has 2 heterocycles. The van der Waals surface area contributed by atoms with Gasteiger partial charge in [-0.1, -0.05) is 18.2 Å². The molecular formula is C18H18FN3O3S. The number of likely N-dealkylation sites (N-methyl/N-ethyl adjacent to an activating group) is 1. The van der Waals surface area contributed by atoms with E-state index in [0.717, 1.165) is 23.8 Å². The van der Waals surface area contributed by atoms with E-state index in [9.17, 15) is 14.1 Å². The Morgan fingerprint density at radius 1 is 1.19 bits per heavy atom. The quantitative estimate of drug-likeness (QED) is 0.838. The Kier molecular flexibility index (Phi) is 4.16. The minimum atomic E-state index is -1.90. The van der Waals surface area contributed by atoms with E-state index in [0.29, 0.717) is 11.1 Å². The van der Waals surface area contributed by atoms with Gasteiger partial charge in [-0.05, 0) is 42.3 Å². The zero-order chi connectivity index (χ0) is 18.4. The number of rotatable bonds is 2. The van der Waals surface area contributed by atoms with Crippen LogP contribution in [0.3, 0.4) is 0 Å². The lowest BCUT2D eigenvalue weighted by atomic mass is 9.94. The van der Waals surface area contributed by atoms with Gasteiger partial charge in [-0.15, -0.1) is 0 Å². The van der Waals surface area contributed by atoms with Crippen molar-refractivity contribution >= 4 is 22.8 Å². The number of hydrogen-bond donors (Lipinski definition) is 2. The van der Waals surface area contributed by atoms with E-state index in [2.05, 4.69) is 16.7 Å². The lowest BCUT2D eigenvalue weighted by molar-refractivity contribution is -0.117. The number of nitrogens with one attached hydrogen (secondary N) is 1. The second-order valence-corrected chi connectivity index (χ2v) is 7.72. The van der Waals surface area contributed by atoms with Gasteiger partial charge in [0.2, 0.25) is 11.2 Å². The highest BCUT2D eigenvalue weighted by molar-refractivity contribution is 7.85. The Morgan fingerprint density at radius 2 is 2.00 bits per heavy atom. The number of halogens is 1. The van der Waals surface area contributed by atoms with Crippen molar-refractivity contribution < 1.29 is 18.5 Å². The van der Waals surface area contributed by atoms with Gasteiger partial charge in [0.05, 0.1) is 0 Å². The van der Waals surface area contributed by atoms with Crippen molar-refractivity contribution in [2.75, 3.05) is 24.4 Å². The minimum Gasteiger partial charge on any atom is -0.506 e. The molecule has 2 aromatic rings. The first-order chi connectivity index (χ1) is 12.4. The summed E-state index contributed by atoms with van der Waals surface area (Å²) in [6.07, 6.45) is 0.890. The van der Waals surface area contributed by atoms with E-state index in [4.69, 9.17) is 0 Å². The van der Waals surface area contributed by atoms with Crippen molar-refractivity contribution in [2.24, 2.45) is 0 Å². The summed E-state index contributed by atoms with van der Waals surface area (Å²) >= 11 is -1.90. The van der Waals surface area contributed by atoms with Gasteiger partial charge < -0.3 is 10.0 Å². The molecule has 0 saturated carbocycles. The average molecular weight is 375 g/mol. The first-order valence-electron chi connectivity index (χ1n) is 8.25. The molecule has 0 aromatic heterocycles. The summed E-state index contributed by atoms with van der Waals surface area (Å²) in [6, 6.07) is 8.67. The highest BCUT2D eigenvalue weighted by Crippen LogP contribution is 2.38. The second kappa shape index (κ2) is 6.37. The third-order valence-corrected chi connectivity index (χ3v) is 5.87. The predicted octanol–water partition coefficient (Wildman–Crippen LogP) is 1.70. The number of fused-ring (bicyclic) bond motifs is 1. The fraction of sp³-hybridized carbons (Fsp3) is 0.278. The first kappa shape index (κ1) is 17.0. The molecule has 1 fully saturated rings. The Hall–Kier alpha value is -2.45. The number of aromatic hydroxyl groups is 1. The summed E-state index contributed by atoms with van der Waals surface area (Å²) in [4.78, 5) is 13.7. The maximum absolute atomic E-state index is 15.2. The third-order valence-electron chi connectivity index (χ3n) is 4.75. The van der Waals surface area contributed by atoms with Gasteiger partial charge in [0.15, 0.2) is 5.82 Å². The van der Waals surface area contributed by atoms with Crippen LogP contribution in [0.15, 0.2) is 30.3 Å². The predicted molar refractivity (Wildman–Crippen MR) is 97.2 cm³/mol. The Balaban J connectivity index is 1.78. The summed E-state index contributed by atoms with van der Waals surface area (Å²) in [5.74, 6) is -1.52. The van der Waals surface area contributed by atoms with E-state index < -0.39 is 22.9 Å². The van der Waals surface area contributed by atoms with Gasteiger partial charge in [0, 0.05) is 18.7 Å². The maximum Gasteiger partial charge on any atom is 0.253 e. The van der Waals surface area contributed by atoms with Crippen LogP contribution < -0.4 is 9.03 Å². The van der Waals surface area contributed by atoms with Crippen molar-refractivity contribution in [1.82, 2.24) is 9.62 Å². The topological polar surface area (TPSA) is 72.9 Å². The fourth-order valence-corrected chi connectivity index (χ4v) is 4.36. The molecule has 1 amide bonds. The third kappa shape index (κ3) is 2.85. The van der Waals surface area contributed by atoms with E-state index in [1.165, 1.54) is 23.3 Å². The number of phenols is 1. The van der Waals surface area contributed by atoms with Crippen molar-refractivity contribution in [3.8, 4) is 16.9 Å². The number of carbonyl (C=O) groups is 1. The second-order valence-electron chi connectivity index (χ2n) is 6.58. The van der Waals surface area contributed by atoms with E-state index in [1.807, 2.05) is 18.2 Å². The molecule has 1 unspecified atom stereocenters. The van der Waals surface area contributed by atoms with E-state index in [1.54, 1.807) is 0 Å². The Labute approximate surface area is 153 Å². The highest BCUT2D eigenvalue weighted by Gasteiger charge is 2.32. The molecule has 2 aliphatic heterocycles. The van der Waals surface area contributed by atoms with Gasteiger partial charge >= 0.3 is 0 Å². The molecule has 1 atom stereocenters. The number of phenolic OH excluding ortho intramolecular Hbond substituents is 1. The molecule has 2 aliphatic rings. The van der Waals surface area contributed by atoms with Gasteiger partial charge in [0.25, 0.3) is 5.91 Å². The molecule has 0 aliphatic carbocycles. The van der Waals surface area contributed by atoms with Gasteiger partial charge in [0.1, 0.15) is 18.0 Å². The number of nitrogens with zero attached hydrogens (tertiary/aromatic N) is 2. The van der Waals surface area contributed by atoms with E-state index in [-0.39, 0.29) is 18.0 Å². The number of amides is 1. The standard InChI is InChI=1S/C18H18FN3O3S/c1-21-7-6-11-8-12(2-3-13(11)9-21)14-4-5-15(23)18(17(14)19)22-10-16(24)20-26(22)25/h2-5,8,23H,6-7,9-10H2,1H3,(H,20,24). The summed E-state index contributed by atoms with van der Waals surface area (Å²) in [6.45, 7) is 1.54. The number of hydrogen-bond acceptors (Lipinski definition) is 4. The zero-order valence-electron chi connectivity index (χ0n) is 14.2. The molecule has 0 bridgehead atoms. The number of carbonyl (C=O) groups excluding carboxylic acids is 1. The highest BCUT2D eigenvalue weighted by atomic mass is 32.2.